The molecule has 0 amide bonds. The van der Waals surface area contributed by atoms with Crippen LogP contribution < -0.4 is 0 Å². The van der Waals surface area contributed by atoms with Gasteiger partial charge in [-0.25, -0.2) is 4.21 Å². The largest absolute Gasteiger partial charge is 0.336 e. The molecular weight excluding hydrogens is 142 g/mol. The highest BCUT2D eigenvalue weighted by Gasteiger charge is 2.19. The Morgan fingerprint density at radius 1 is 1.67 bits per heavy atom. The van der Waals surface area contributed by atoms with E-state index in [9.17, 15) is 14.3 Å². The monoisotopic (exact) mass is 145 g/mol. The minimum Gasteiger partial charge on any atom is -0.258 e. The van der Waals surface area contributed by atoms with Crippen molar-refractivity contribution < 1.29 is 9.13 Å². The lowest BCUT2D eigenvalue weighted by molar-refractivity contribution is -0.410. The first-order chi connectivity index (χ1) is 4.22. The van der Waals surface area contributed by atoms with Crippen molar-refractivity contribution in [3.05, 3.63) is 32.7 Å². The molecule has 1 aliphatic rings. The normalized spacial score (nSPS) is 24.0. The van der Waals surface area contributed by atoms with Gasteiger partial charge in [0, 0.05) is 11.5 Å². The fourth-order valence-electron chi connectivity index (χ4n) is 0.464. The van der Waals surface area contributed by atoms with Crippen LogP contribution in [-0.4, -0.2) is 9.13 Å². The molecule has 48 valence electrons. The Labute approximate surface area is 53.5 Å². The first-order valence-corrected chi connectivity index (χ1v) is 3.36. The van der Waals surface area contributed by atoms with E-state index in [1.807, 2.05) is 0 Å². The van der Waals surface area contributed by atoms with Gasteiger partial charge in [0.1, 0.15) is 10.8 Å². The molecule has 0 aromatic rings. The molecule has 9 heavy (non-hydrogen) atoms. The molecule has 0 aromatic carbocycles. The van der Waals surface area contributed by atoms with Gasteiger partial charge in [-0.1, -0.05) is 0 Å². The molecule has 1 unspecified atom stereocenters. The Hall–Kier alpha value is -0.970. The SMILES string of the molecule is O=[N+]([O-])C1=CC=CS1=O. The van der Waals surface area contributed by atoms with E-state index < -0.39 is 15.7 Å². The van der Waals surface area contributed by atoms with Gasteiger partial charge in [0.05, 0.1) is 4.92 Å². The summed E-state index contributed by atoms with van der Waals surface area (Å²) in [5.74, 6) is 0. The van der Waals surface area contributed by atoms with Gasteiger partial charge in [0.2, 0.25) is 0 Å². The number of nitrogens with zero attached hydrogens (tertiary/aromatic N) is 1. The third-order valence-corrected chi connectivity index (χ3v) is 1.93. The summed E-state index contributed by atoms with van der Waals surface area (Å²) in [4.78, 5) is 9.27. The Kier molecular flexibility index (Phi) is 1.44. The molecule has 0 saturated carbocycles. The Morgan fingerprint density at radius 2 is 2.33 bits per heavy atom. The Morgan fingerprint density at radius 3 is 2.56 bits per heavy atom. The molecule has 0 radical (unpaired) electrons. The molecule has 0 N–H and O–H groups in total. The lowest BCUT2D eigenvalue weighted by Crippen LogP contribution is -1.99. The number of rotatable bonds is 1. The molecule has 0 bridgehead atoms. The number of nitro groups is 1. The van der Waals surface area contributed by atoms with Crippen LogP contribution in [0.2, 0.25) is 0 Å². The molecule has 0 aliphatic carbocycles. The van der Waals surface area contributed by atoms with E-state index in [0.29, 0.717) is 0 Å². The second-order valence-corrected chi connectivity index (χ2v) is 2.67. The second-order valence-electron chi connectivity index (χ2n) is 1.39. The quantitative estimate of drug-likeness (QED) is 0.396. The van der Waals surface area contributed by atoms with Crippen LogP contribution in [0.5, 0.6) is 0 Å². The van der Waals surface area contributed by atoms with Crippen LogP contribution in [0.15, 0.2) is 22.6 Å². The summed E-state index contributed by atoms with van der Waals surface area (Å²) in [7, 11) is -1.51. The third kappa shape index (κ3) is 1.05. The summed E-state index contributed by atoms with van der Waals surface area (Å²) in [6, 6.07) is 0. The van der Waals surface area contributed by atoms with Crippen molar-refractivity contribution in [2.75, 3.05) is 0 Å². The van der Waals surface area contributed by atoms with E-state index in [4.69, 9.17) is 0 Å². The lowest BCUT2D eigenvalue weighted by Gasteiger charge is -1.84. The van der Waals surface area contributed by atoms with Gasteiger partial charge in [0.25, 0.3) is 0 Å². The van der Waals surface area contributed by atoms with Crippen molar-refractivity contribution in [2.45, 2.75) is 0 Å². The molecular formula is C4H3NO3S. The molecule has 0 spiro atoms. The van der Waals surface area contributed by atoms with Gasteiger partial charge in [0.15, 0.2) is 0 Å². The molecule has 1 heterocycles. The molecule has 5 heteroatoms. The van der Waals surface area contributed by atoms with Gasteiger partial charge >= 0.3 is 5.03 Å². The van der Waals surface area contributed by atoms with E-state index in [0.717, 1.165) is 0 Å². The molecule has 0 fully saturated rings. The van der Waals surface area contributed by atoms with Gasteiger partial charge in [-0.05, 0) is 6.08 Å². The van der Waals surface area contributed by atoms with Crippen molar-refractivity contribution in [1.29, 1.82) is 0 Å². The van der Waals surface area contributed by atoms with Crippen LogP contribution in [0.25, 0.3) is 0 Å². The van der Waals surface area contributed by atoms with Gasteiger partial charge in [-0.15, -0.1) is 0 Å². The van der Waals surface area contributed by atoms with Crippen molar-refractivity contribution >= 4 is 10.8 Å². The highest BCUT2D eigenvalue weighted by atomic mass is 32.2. The molecule has 4 nitrogen and oxygen atoms in total. The van der Waals surface area contributed by atoms with Crippen molar-refractivity contribution in [3.63, 3.8) is 0 Å². The molecule has 1 aliphatic heterocycles. The van der Waals surface area contributed by atoms with Crippen LogP contribution in [0.4, 0.5) is 0 Å². The maximum atomic E-state index is 10.5. The minimum absolute atomic E-state index is 0.241. The highest BCUT2D eigenvalue weighted by Crippen LogP contribution is 2.10. The van der Waals surface area contributed by atoms with E-state index in [1.54, 1.807) is 0 Å². The molecule has 1 rings (SSSR count). The summed E-state index contributed by atoms with van der Waals surface area (Å²) in [6.07, 6.45) is 2.64. The summed E-state index contributed by atoms with van der Waals surface area (Å²) >= 11 is 0. The summed E-state index contributed by atoms with van der Waals surface area (Å²) < 4.78 is 10.5. The van der Waals surface area contributed by atoms with Gasteiger partial charge in [-0.2, -0.15) is 0 Å². The summed E-state index contributed by atoms with van der Waals surface area (Å²) in [5, 5.41) is 11.0. The maximum Gasteiger partial charge on any atom is 0.336 e. The first-order valence-electron chi connectivity index (χ1n) is 2.15. The smallest absolute Gasteiger partial charge is 0.258 e. The predicted octanol–water partition coefficient (Wildman–Crippen LogP) is 0.380. The maximum absolute atomic E-state index is 10.5. The van der Waals surface area contributed by atoms with Crippen LogP contribution in [0, 0.1) is 10.1 Å². The van der Waals surface area contributed by atoms with Crippen LogP contribution >= 0.6 is 0 Å². The first kappa shape index (κ1) is 6.15. The third-order valence-electron chi connectivity index (χ3n) is 0.827. The van der Waals surface area contributed by atoms with Crippen molar-refractivity contribution in [2.24, 2.45) is 0 Å². The fraction of sp³-hybridized carbons (Fsp3) is 0. The van der Waals surface area contributed by atoms with E-state index in [1.165, 1.54) is 17.6 Å². The zero-order valence-corrected chi connectivity index (χ0v) is 5.13. The van der Waals surface area contributed by atoms with Crippen molar-refractivity contribution in [3.8, 4) is 0 Å². The van der Waals surface area contributed by atoms with Crippen molar-refractivity contribution in [1.82, 2.24) is 0 Å². The number of allylic oxidation sites excluding steroid dienone is 2. The topological polar surface area (TPSA) is 60.2 Å². The van der Waals surface area contributed by atoms with Gasteiger partial charge in [-0.3, -0.25) is 10.1 Å². The molecule has 1 atom stereocenters. The van der Waals surface area contributed by atoms with Crippen LogP contribution in [-0.2, 0) is 10.8 Å². The average molecular weight is 145 g/mol. The second kappa shape index (κ2) is 2.10. The van der Waals surface area contributed by atoms with Crippen LogP contribution in [0.1, 0.15) is 0 Å². The van der Waals surface area contributed by atoms with E-state index >= 15 is 0 Å². The molecule has 0 saturated heterocycles. The zero-order chi connectivity index (χ0) is 6.85. The van der Waals surface area contributed by atoms with E-state index in [-0.39, 0.29) is 5.03 Å². The number of hydrogen-bond acceptors (Lipinski definition) is 3. The Balaban J connectivity index is 2.88. The summed E-state index contributed by atoms with van der Waals surface area (Å²) in [6.45, 7) is 0. The number of hydrogen-bond donors (Lipinski definition) is 0. The fourth-order valence-corrected chi connectivity index (χ4v) is 1.18. The van der Waals surface area contributed by atoms with E-state index in [2.05, 4.69) is 0 Å². The standard InChI is InChI=1S/C4H3NO3S/c6-5(7)4-2-1-3-9(4)8/h1-3H. The summed E-state index contributed by atoms with van der Waals surface area (Å²) in [5.41, 5.74) is 0. The average Bonchev–Trinajstić information content (AvgIpc) is 2.13. The highest BCUT2D eigenvalue weighted by molar-refractivity contribution is 7.91. The zero-order valence-electron chi connectivity index (χ0n) is 4.31. The lowest BCUT2D eigenvalue weighted by atomic mass is 10.6. The predicted molar refractivity (Wildman–Crippen MR) is 32.4 cm³/mol. The molecule has 0 aromatic heterocycles. The minimum atomic E-state index is -1.51. The Bertz CT molecular complexity index is 230. The van der Waals surface area contributed by atoms with Gasteiger partial charge < -0.3 is 0 Å². The van der Waals surface area contributed by atoms with Crippen LogP contribution in [0.3, 0.4) is 0 Å².